The molecule has 1 unspecified atom stereocenters. The first kappa shape index (κ1) is 18.6. The lowest BCUT2D eigenvalue weighted by Crippen LogP contribution is -2.31. The Morgan fingerprint density at radius 2 is 1.96 bits per heavy atom. The molecule has 3 rings (SSSR count). The van der Waals surface area contributed by atoms with E-state index in [-0.39, 0.29) is 18.2 Å². The van der Waals surface area contributed by atoms with Crippen molar-refractivity contribution >= 4 is 35.2 Å². The van der Waals surface area contributed by atoms with Crippen LogP contribution in [0.1, 0.15) is 33.6 Å². The molecule has 0 aliphatic carbocycles. The van der Waals surface area contributed by atoms with Gasteiger partial charge in [-0.3, -0.25) is 14.4 Å². The number of primary amides is 1. The van der Waals surface area contributed by atoms with Crippen molar-refractivity contribution in [1.29, 1.82) is 5.26 Å². The summed E-state index contributed by atoms with van der Waals surface area (Å²) in [6.45, 7) is 3.62. The number of pyridine rings is 1. The highest BCUT2D eigenvalue weighted by Gasteiger charge is 2.40. The third-order valence-electron chi connectivity index (χ3n) is 4.19. The molecule has 2 N–H and O–H groups in total. The summed E-state index contributed by atoms with van der Waals surface area (Å²) < 4.78 is 0. The summed E-state index contributed by atoms with van der Waals surface area (Å²) in [6.07, 6.45) is 0.0145. The Hall–Kier alpha value is -3.18. The van der Waals surface area contributed by atoms with E-state index in [1.807, 2.05) is 13.8 Å². The SMILES string of the molecule is Cc1cc(C)c(C#N)c(SC2CC(=O)N(c3ccc(C(N)=O)cc3)C2=O)n1. The van der Waals surface area contributed by atoms with Crippen LogP contribution in [0.4, 0.5) is 5.69 Å². The average Bonchev–Trinajstić information content (AvgIpc) is 2.88. The van der Waals surface area contributed by atoms with E-state index in [2.05, 4.69) is 11.1 Å². The fourth-order valence-corrected chi connectivity index (χ4v) is 4.12. The third-order valence-corrected chi connectivity index (χ3v) is 5.36. The summed E-state index contributed by atoms with van der Waals surface area (Å²) >= 11 is 1.13. The number of aromatic nitrogens is 1. The van der Waals surface area contributed by atoms with E-state index in [4.69, 9.17) is 5.73 Å². The van der Waals surface area contributed by atoms with Crippen LogP contribution in [0.3, 0.4) is 0 Å². The fourth-order valence-electron chi connectivity index (χ4n) is 2.90. The van der Waals surface area contributed by atoms with E-state index in [0.29, 0.717) is 21.8 Å². The highest BCUT2D eigenvalue weighted by molar-refractivity contribution is 8.00. The first-order chi connectivity index (χ1) is 12.8. The zero-order valence-corrected chi connectivity index (χ0v) is 15.5. The molecule has 1 fully saturated rings. The normalized spacial score (nSPS) is 16.5. The van der Waals surface area contributed by atoms with Crippen LogP contribution in [0.25, 0.3) is 0 Å². The van der Waals surface area contributed by atoms with Crippen molar-refractivity contribution in [3.8, 4) is 6.07 Å². The van der Waals surface area contributed by atoms with E-state index in [1.54, 1.807) is 6.07 Å². The van der Waals surface area contributed by atoms with Crippen LogP contribution in [0, 0.1) is 25.2 Å². The predicted octanol–water partition coefficient (Wildman–Crippen LogP) is 2.09. The number of carbonyl (C=O) groups is 3. The number of aryl methyl sites for hydroxylation is 2. The summed E-state index contributed by atoms with van der Waals surface area (Å²) in [6, 6.07) is 9.88. The number of nitrogens with zero attached hydrogens (tertiary/aromatic N) is 3. The fraction of sp³-hybridized carbons (Fsp3) is 0.211. The molecule has 136 valence electrons. The first-order valence-corrected chi connectivity index (χ1v) is 9.01. The maximum Gasteiger partial charge on any atom is 0.248 e. The second kappa shape index (κ2) is 7.21. The molecule has 27 heavy (non-hydrogen) atoms. The van der Waals surface area contributed by atoms with Crippen molar-refractivity contribution < 1.29 is 14.4 Å². The summed E-state index contributed by atoms with van der Waals surface area (Å²) in [5.74, 6) is -1.30. The van der Waals surface area contributed by atoms with Crippen molar-refractivity contribution in [3.63, 3.8) is 0 Å². The summed E-state index contributed by atoms with van der Waals surface area (Å²) in [4.78, 5) is 41.8. The van der Waals surface area contributed by atoms with Crippen LogP contribution < -0.4 is 10.6 Å². The number of anilines is 1. The highest BCUT2D eigenvalue weighted by atomic mass is 32.2. The van der Waals surface area contributed by atoms with Gasteiger partial charge in [0, 0.05) is 17.7 Å². The number of amides is 3. The number of carbonyl (C=O) groups excluding carboxylic acids is 3. The molecule has 1 saturated heterocycles. The van der Waals surface area contributed by atoms with Gasteiger partial charge in [-0.05, 0) is 49.7 Å². The zero-order chi connectivity index (χ0) is 19.7. The number of hydrogen-bond donors (Lipinski definition) is 1. The van der Waals surface area contributed by atoms with E-state index < -0.39 is 11.2 Å². The second-order valence-corrected chi connectivity index (χ2v) is 7.35. The molecule has 1 atom stereocenters. The van der Waals surface area contributed by atoms with Crippen molar-refractivity contribution in [2.24, 2.45) is 5.73 Å². The molecular formula is C19H16N4O3S. The van der Waals surface area contributed by atoms with E-state index in [0.717, 1.165) is 27.9 Å². The summed E-state index contributed by atoms with van der Waals surface area (Å²) in [7, 11) is 0. The molecular weight excluding hydrogens is 364 g/mol. The second-order valence-electron chi connectivity index (χ2n) is 6.16. The molecule has 1 aliphatic heterocycles. The van der Waals surface area contributed by atoms with Crippen molar-refractivity contribution in [3.05, 3.63) is 52.7 Å². The summed E-state index contributed by atoms with van der Waals surface area (Å²) in [5, 5.41) is 9.17. The van der Waals surface area contributed by atoms with Crippen LogP contribution in [-0.2, 0) is 9.59 Å². The lowest BCUT2D eigenvalue weighted by Gasteiger charge is -2.15. The Kier molecular flexibility index (Phi) is 4.97. The number of imide groups is 1. The topological polar surface area (TPSA) is 117 Å². The van der Waals surface area contributed by atoms with Gasteiger partial charge in [-0.1, -0.05) is 11.8 Å². The predicted molar refractivity (Wildman–Crippen MR) is 100 cm³/mol. The van der Waals surface area contributed by atoms with Crippen LogP contribution in [-0.4, -0.2) is 28.0 Å². The van der Waals surface area contributed by atoms with E-state index >= 15 is 0 Å². The van der Waals surface area contributed by atoms with Gasteiger partial charge in [-0.25, -0.2) is 9.88 Å². The first-order valence-electron chi connectivity index (χ1n) is 8.13. The molecule has 2 heterocycles. The molecule has 2 aromatic rings. The van der Waals surface area contributed by atoms with Crippen molar-refractivity contribution in [1.82, 2.24) is 4.98 Å². The number of thioether (sulfide) groups is 1. The number of rotatable bonds is 4. The van der Waals surface area contributed by atoms with Crippen LogP contribution in [0.15, 0.2) is 35.4 Å². The molecule has 1 aliphatic rings. The number of benzene rings is 1. The lowest BCUT2D eigenvalue weighted by molar-refractivity contribution is -0.121. The average molecular weight is 380 g/mol. The molecule has 8 heteroatoms. The molecule has 3 amide bonds. The Balaban J connectivity index is 1.87. The van der Waals surface area contributed by atoms with Gasteiger partial charge in [-0.15, -0.1) is 0 Å². The van der Waals surface area contributed by atoms with Crippen molar-refractivity contribution in [2.75, 3.05) is 4.90 Å². The standard InChI is InChI=1S/C19H16N4O3S/c1-10-7-11(2)22-18(14(10)9-20)27-15-8-16(24)23(19(15)26)13-5-3-12(4-6-13)17(21)25/h3-7,15H,8H2,1-2H3,(H2,21,25). The van der Waals surface area contributed by atoms with Gasteiger partial charge in [0.2, 0.25) is 17.7 Å². The zero-order valence-electron chi connectivity index (χ0n) is 14.7. The Morgan fingerprint density at radius 1 is 1.30 bits per heavy atom. The molecule has 0 saturated carbocycles. The Bertz CT molecular complexity index is 995. The quantitative estimate of drug-likeness (QED) is 0.812. The maximum atomic E-state index is 12.8. The lowest BCUT2D eigenvalue weighted by atomic mass is 10.1. The number of nitriles is 1. The Labute approximate surface area is 160 Å². The summed E-state index contributed by atoms with van der Waals surface area (Å²) in [5.41, 5.74) is 7.82. The van der Waals surface area contributed by atoms with Crippen LogP contribution >= 0.6 is 11.8 Å². The largest absolute Gasteiger partial charge is 0.366 e. The van der Waals surface area contributed by atoms with Gasteiger partial charge in [0.1, 0.15) is 11.1 Å². The van der Waals surface area contributed by atoms with E-state index in [1.165, 1.54) is 24.3 Å². The maximum absolute atomic E-state index is 12.8. The highest BCUT2D eigenvalue weighted by Crippen LogP contribution is 2.35. The van der Waals surface area contributed by atoms with Gasteiger partial charge >= 0.3 is 0 Å². The molecule has 0 spiro atoms. The number of hydrogen-bond acceptors (Lipinski definition) is 6. The molecule has 1 aromatic carbocycles. The minimum Gasteiger partial charge on any atom is -0.366 e. The van der Waals surface area contributed by atoms with Gasteiger partial charge in [0.25, 0.3) is 0 Å². The third kappa shape index (κ3) is 3.55. The molecule has 1 aromatic heterocycles. The van der Waals surface area contributed by atoms with Crippen LogP contribution in [0.2, 0.25) is 0 Å². The molecule has 0 radical (unpaired) electrons. The minimum absolute atomic E-state index is 0.0145. The number of nitrogens with two attached hydrogens (primary N) is 1. The Morgan fingerprint density at radius 3 is 2.56 bits per heavy atom. The minimum atomic E-state index is -0.658. The molecule has 7 nitrogen and oxygen atoms in total. The monoisotopic (exact) mass is 380 g/mol. The van der Waals surface area contributed by atoms with E-state index in [9.17, 15) is 19.6 Å². The van der Waals surface area contributed by atoms with Crippen LogP contribution in [0.5, 0.6) is 0 Å². The molecule has 0 bridgehead atoms. The van der Waals surface area contributed by atoms with Gasteiger partial charge in [0.15, 0.2) is 0 Å². The van der Waals surface area contributed by atoms with Gasteiger partial charge < -0.3 is 5.73 Å². The van der Waals surface area contributed by atoms with Gasteiger partial charge in [0.05, 0.1) is 16.5 Å². The smallest absolute Gasteiger partial charge is 0.248 e. The van der Waals surface area contributed by atoms with Gasteiger partial charge in [-0.2, -0.15) is 5.26 Å². The van der Waals surface area contributed by atoms with Crippen molar-refractivity contribution in [2.45, 2.75) is 30.5 Å².